The van der Waals surface area contributed by atoms with Crippen LogP contribution >= 0.6 is 0 Å². The third kappa shape index (κ3) is 2.77. The molecule has 0 aliphatic carbocycles. The summed E-state index contributed by atoms with van der Waals surface area (Å²) in [5.74, 6) is 1.76. The van der Waals surface area contributed by atoms with Crippen LogP contribution < -0.4 is 11.1 Å². The number of rotatable bonds is 5. The zero-order valence-electron chi connectivity index (χ0n) is 11.6. The summed E-state index contributed by atoms with van der Waals surface area (Å²) in [6.45, 7) is 1.28. The van der Waals surface area contributed by atoms with Crippen molar-refractivity contribution < 1.29 is 4.74 Å². The molecule has 0 saturated carbocycles. The lowest BCUT2D eigenvalue weighted by molar-refractivity contribution is 0.210. The lowest BCUT2D eigenvalue weighted by Crippen LogP contribution is -2.09. The third-order valence-corrected chi connectivity index (χ3v) is 3.06. The molecule has 21 heavy (non-hydrogen) atoms. The van der Waals surface area contributed by atoms with E-state index in [0.29, 0.717) is 24.8 Å². The topological polar surface area (TPSA) is 102 Å². The molecule has 3 heterocycles. The van der Waals surface area contributed by atoms with Crippen LogP contribution in [0.4, 0.5) is 11.6 Å². The number of ether oxygens (including phenoxy) is 1. The standard InChI is InChI=1S/C14H16N6O/c1-21-7-6-16-12-8-10(9-2-4-17-13(9)20-12)14-18-5-3-11(15)19-14/h2-5,8H,6-7H2,1H3,(H2,15,18,19)(H2,16,17,20). The predicted molar refractivity (Wildman–Crippen MR) is 81.9 cm³/mol. The number of aromatic amines is 1. The fourth-order valence-electron chi connectivity index (χ4n) is 2.10. The number of hydrogen-bond donors (Lipinski definition) is 3. The molecule has 0 saturated heterocycles. The number of nitrogens with one attached hydrogen (secondary N) is 2. The van der Waals surface area contributed by atoms with Gasteiger partial charge in [-0.1, -0.05) is 0 Å². The molecule has 3 rings (SSSR count). The summed E-state index contributed by atoms with van der Waals surface area (Å²) in [5, 5.41) is 4.17. The van der Waals surface area contributed by atoms with Crippen molar-refractivity contribution in [2.24, 2.45) is 0 Å². The maximum Gasteiger partial charge on any atom is 0.162 e. The van der Waals surface area contributed by atoms with Crippen molar-refractivity contribution in [1.29, 1.82) is 0 Å². The molecule has 0 aliphatic rings. The Hall–Kier alpha value is -2.67. The van der Waals surface area contributed by atoms with Gasteiger partial charge in [0.05, 0.1) is 6.61 Å². The maximum absolute atomic E-state index is 5.74. The van der Waals surface area contributed by atoms with Crippen LogP contribution in [0.25, 0.3) is 22.4 Å². The smallest absolute Gasteiger partial charge is 0.162 e. The average molecular weight is 284 g/mol. The summed E-state index contributed by atoms with van der Waals surface area (Å²) in [6.07, 6.45) is 3.49. The van der Waals surface area contributed by atoms with Crippen molar-refractivity contribution in [3.05, 3.63) is 30.6 Å². The van der Waals surface area contributed by atoms with E-state index in [-0.39, 0.29) is 0 Å². The Morgan fingerprint density at radius 3 is 3.05 bits per heavy atom. The van der Waals surface area contributed by atoms with Gasteiger partial charge >= 0.3 is 0 Å². The van der Waals surface area contributed by atoms with Crippen LogP contribution in [0.5, 0.6) is 0 Å². The van der Waals surface area contributed by atoms with Crippen LogP contribution in [0.15, 0.2) is 30.6 Å². The highest BCUT2D eigenvalue weighted by Crippen LogP contribution is 2.27. The van der Waals surface area contributed by atoms with Gasteiger partial charge in [0.1, 0.15) is 17.3 Å². The first-order valence-corrected chi connectivity index (χ1v) is 6.58. The number of H-pyrrole nitrogens is 1. The van der Waals surface area contributed by atoms with E-state index in [1.807, 2.05) is 18.3 Å². The van der Waals surface area contributed by atoms with E-state index in [1.165, 1.54) is 0 Å². The highest BCUT2D eigenvalue weighted by atomic mass is 16.5. The van der Waals surface area contributed by atoms with Crippen molar-refractivity contribution in [2.75, 3.05) is 31.3 Å². The molecule has 3 aromatic rings. The van der Waals surface area contributed by atoms with Crippen molar-refractivity contribution in [3.63, 3.8) is 0 Å². The van der Waals surface area contributed by atoms with Crippen molar-refractivity contribution in [2.45, 2.75) is 0 Å². The number of anilines is 2. The second-order valence-corrected chi connectivity index (χ2v) is 4.52. The van der Waals surface area contributed by atoms with E-state index in [9.17, 15) is 0 Å². The van der Waals surface area contributed by atoms with Crippen molar-refractivity contribution >= 4 is 22.7 Å². The normalized spacial score (nSPS) is 10.9. The summed E-state index contributed by atoms with van der Waals surface area (Å²) in [6, 6.07) is 5.53. The van der Waals surface area contributed by atoms with E-state index in [2.05, 4.69) is 25.3 Å². The Morgan fingerprint density at radius 1 is 1.33 bits per heavy atom. The number of nitrogens with two attached hydrogens (primary N) is 1. The molecule has 3 aromatic heterocycles. The highest BCUT2D eigenvalue weighted by molar-refractivity contribution is 5.92. The number of nitrogen functional groups attached to an aromatic ring is 1. The minimum atomic E-state index is 0.439. The first kappa shape index (κ1) is 13.3. The lowest BCUT2D eigenvalue weighted by atomic mass is 10.1. The quantitative estimate of drug-likeness (QED) is 0.616. The van der Waals surface area contributed by atoms with E-state index >= 15 is 0 Å². The highest BCUT2D eigenvalue weighted by Gasteiger charge is 2.11. The Bertz CT molecular complexity index is 754. The first-order valence-electron chi connectivity index (χ1n) is 6.58. The fourth-order valence-corrected chi connectivity index (χ4v) is 2.10. The van der Waals surface area contributed by atoms with Gasteiger partial charge in [0.2, 0.25) is 0 Å². The molecule has 0 spiro atoms. The van der Waals surface area contributed by atoms with Gasteiger partial charge in [-0.25, -0.2) is 15.0 Å². The summed E-state index contributed by atoms with van der Waals surface area (Å²) in [4.78, 5) is 16.2. The Kier molecular flexibility index (Phi) is 3.65. The largest absolute Gasteiger partial charge is 0.384 e. The zero-order chi connectivity index (χ0) is 14.7. The van der Waals surface area contributed by atoms with Crippen LogP contribution in [0.1, 0.15) is 0 Å². The molecule has 0 amide bonds. The third-order valence-electron chi connectivity index (χ3n) is 3.06. The molecule has 0 atom stereocenters. The van der Waals surface area contributed by atoms with Crippen LogP contribution in [0, 0.1) is 0 Å². The Balaban J connectivity index is 2.05. The molecule has 0 bridgehead atoms. The van der Waals surface area contributed by atoms with Gasteiger partial charge in [-0.2, -0.15) is 0 Å². The van der Waals surface area contributed by atoms with Gasteiger partial charge < -0.3 is 20.8 Å². The molecule has 0 radical (unpaired) electrons. The maximum atomic E-state index is 5.74. The average Bonchev–Trinajstić information content (AvgIpc) is 2.95. The van der Waals surface area contributed by atoms with E-state index in [1.54, 1.807) is 19.4 Å². The Morgan fingerprint density at radius 2 is 2.24 bits per heavy atom. The summed E-state index contributed by atoms with van der Waals surface area (Å²) < 4.78 is 5.03. The first-order chi connectivity index (χ1) is 10.3. The van der Waals surface area contributed by atoms with Gasteiger partial charge in [-0.3, -0.25) is 0 Å². The molecule has 0 aliphatic heterocycles. The minimum Gasteiger partial charge on any atom is -0.384 e. The van der Waals surface area contributed by atoms with Gasteiger partial charge in [0, 0.05) is 37.0 Å². The number of methoxy groups -OCH3 is 1. The number of hydrogen-bond acceptors (Lipinski definition) is 6. The monoisotopic (exact) mass is 284 g/mol. The second kappa shape index (κ2) is 5.76. The fraction of sp³-hybridized carbons (Fsp3) is 0.214. The van der Waals surface area contributed by atoms with Gasteiger partial charge in [0.25, 0.3) is 0 Å². The molecule has 0 fully saturated rings. The van der Waals surface area contributed by atoms with Gasteiger partial charge in [-0.15, -0.1) is 0 Å². The van der Waals surface area contributed by atoms with E-state index in [4.69, 9.17) is 10.5 Å². The van der Waals surface area contributed by atoms with Gasteiger partial charge in [-0.05, 0) is 18.2 Å². The van der Waals surface area contributed by atoms with Crippen molar-refractivity contribution in [3.8, 4) is 11.4 Å². The molecular weight excluding hydrogens is 268 g/mol. The number of aromatic nitrogens is 4. The molecule has 108 valence electrons. The van der Waals surface area contributed by atoms with Crippen LogP contribution in [-0.4, -0.2) is 40.2 Å². The number of nitrogens with zero attached hydrogens (tertiary/aromatic N) is 3. The molecule has 4 N–H and O–H groups in total. The molecular formula is C14H16N6O. The van der Waals surface area contributed by atoms with Crippen LogP contribution in [0.2, 0.25) is 0 Å². The van der Waals surface area contributed by atoms with Crippen LogP contribution in [0.3, 0.4) is 0 Å². The lowest BCUT2D eigenvalue weighted by Gasteiger charge is -2.08. The molecule has 7 nitrogen and oxygen atoms in total. The van der Waals surface area contributed by atoms with Gasteiger partial charge in [0.15, 0.2) is 5.82 Å². The summed E-state index contributed by atoms with van der Waals surface area (Å²) in [5.41, 5.74) is 7.40. The molecule has 0 unspecified atom stereocenters. The molecule has 7 heteroatoms. The van der Waals surface area contributed by atoms with Crippen LogP contribution in [-0.2, 0) is 4.74 Å². The Labute approximate surface area is 121 Å². The minimum absolute atomic E-state index is 0.439. The SMILES string of the molecule is COCCNc1cc(-c2nccc(N)n2)c2cc[nH]c2n1. The summed E-state index contributed by atoms with van der Waals surface area (Å²) >= 11 is 0. The second-order valence-electron chi connectivity index (χ2n) is 4.52. The zero-order valence-corrected chi connectivity index (χ0v) is 11.6. The van der Waals surface area contributed by atoms with E-state index in [0.717, 1.165) is 22.4 Å². The van der Waals surface area contributed by atoms with E-state index < -0.39 is 0 Å². The number of fused-ring (bicyclic) bond motifs is 1. The summed E-state index contributed by atoms with van der Waals surface area (Å²) in [7, 11) is 1.66. The predicted octanol–water partition coefficient (Wildman–Crippen LogP) is 1.66. The van der Waals surface area contributed by atoms with Crippen molar-refractivity contribution in [1.82, 2.24) is 19.9 Å². The number of pyridine rings is 1. The molecule has 0 aromatic carbocycles.